The van der Waals surface area contributed by atoms with Gasteiger partial charge in [-0.1, -0.05) is 5.92 Å². The summed E-state index contributed by atoms with van der Waals surface area (Å²) >= 11 is 0. The van der Waals surface area contributed by atoms with Gasteiger partial charge in [0.25, 0.3) is 5.91 Å². The second-order valence-electron chi connectivity index (χ2n) is 5.07. The molecule has 1 atom stereocenters. The monoisotopic (exact) mass is 283 g/mol. The molecule has 2 aliphatic heterocycles. The molecule has 0 aromatic heterocycles. The van der Waals surface area contributed by atoms with E-state index in [-0.39, 0.29) is 25.1 Å². The van der Waals surface area contributed by atoms with Crippen LogP contribution in [0.15, 0.2) is 18.2 Å². The number of carbonyl (C=O) groups is 3. The second kappa shape index (κ2) is 5.06. The Balaban J connectivity index is 1.84. The average molecular weight is 283 g/mol. The number of amides is 3. The van der Waals surface area contributed by atoms with Gasteiger partial charge in [-0.2, -0.15) is 0 Å². The van der Waals surface area contributed by atoms with Crippen LogP contribution in [0, 0.1) is 11.8 Å². The van der Waals surface area contributed by atoms with Crippen LogP contribution in [0.25, 0.3) is 0 Å². The van der Waals surface area contributed by atoms with Gasteiger partial charge in [-0.05, 0) is 37.1 Å². The normalized spacial score (nSPS) is 21.3. The number of hydrogen-bond acceptors (Lipinski definition) is 3. The first kappa shape index (κ1) is 12.2. The molecule has 3 rings (SSSR count). The Morgan fingerprint density at radius 1 is 1.38 bits per heavy atom. The van der Waals surface area contributed by atoms with Gasteiger partial charge >= 0.3 is 0 Å². The Kier molecular flexibility index (Phi) is 2.93. The quantitative estimate of drug-likeness (QED) is 0.613. The van der Waals surface area contributed by atoms with Crippen molar-refractivity contribution >= 4 is 17.7 Å². The molecule has 0 radical (unpaired) electrons. The van der Waals surface area contributed by atoms with Gasteiger partial charge in [-0.3, -0.25) is 19.7 Å². The molecule has 1 aromatic carbocycles. The SMILES string of the molecule is [2H]CC#Cc1ccc2c(c1)CN(C1CCC(=O)NC1=O)C2=O. The van der Waals surface area contributed by atoms with E-state index >= 15 is 0 Å². The van der Waals surface area contributed by atoms with Crippen LogP contribution in [-0.4, -0.2) is 28.7 Å². The Morgan fingerprint density at radius 2 is 2.24 bits per heavy atom. The molecule has 0 saturated carbocycles. The van der Waals surface area contributed by atoms with Crippen molar-refractivity contribution in [3.05, 3.63) is 34.9 Å². The third-order valence-electron chi connectivity index (χ3n) is 3.76. The topological polar surface area (TPSA) is 66.5 Å². The number of nitrogens with one attached hydrogen (secondary N) is 1. The number of rotatable bonds is 1. The predicted octanol–water partition coefficient (Wildman–Crippen LogP) is 0.819. The molecule has 5 nitrogen and oxygen atoms in total. The van der Waals surface area contributed by atoms with Crippen LogP contribution in [0.5, 0.6) is 0 Å². The molecule has 21 heavy (non-hydrogen) atoms. The summed E-state index contributed by atoms with van der Waals surface area (Å²) in [5.41, 5.74) is 2.15. The molecule has 1 saturated heterocycles. The first-order chi connectivity index (χ1) is 10.6. The van der Waals surface area contributed by atoms with E-state index in [1.165, 1.54) is 4.90 Å². The van der Waals surface area contributed by atoms with E-state index in [9.17, 15) is 14.4 Å². The first-order valence-electron chi connectivity index (χ1n) is 7.36. The first-order valence-corrected chi connectivity index (χ1v) is 6.66. The molecule has 2 heterocycles. The number of piperidine rings is 1. The molecule has 106 valence electrons. The highest BCUT2D eigenvalue weighted by Crippen LogP contribution is 2.27. The van der Waals surface area contributed by atoms with Crippen molar-refractivity contribution in [2.24, 2.45) is 0 Å². The van der Waals surface area contributed by atoms with E-state index in [0.717, 1.165) is 11.1 Å². The lowest BCUT2D eigenvalue weighted by Crippen LogP contribution is -2.52. The van der Waals surface area contributed by atoms with Crippen LogP contribution in [-0.2, 0) is 16.1 Å². The summed E-state index contributed by atoms with van der Waals surface area (Å²) in [7, 11) is 0. The third kappa shape index (κ3) is 2.29. The Labute approximate surface area is 123 Å². The highest BCUT2D eigenvalue weighted by Gasteiger charge is 2.38. The average Bonchev–Trinajstić information content (AvgIpc) is 2.82. The summed E-state index contributed by atoms with van der Waals surface area (Å²) in [4.78, 5) is 37.1. The minimum Gasteiger partial charge on any atom is -0.322 e. The van der Waals surface area contributed by atoms with Crippen molar-refractivity contribution in [3.63, 3.8) is 0 Å². The van der Waals surface area contributed by atoms with Crippen LogP contribution in [0.3, 0.4) is 0 Å². The van der Waals surface area contributed by atoms with Gasteiger partial charge in [0, 0.05) is 25.5 Å². The smallest absolute Gasteiger partial charge is 0.255 e. The second-order valence-corrected chi connectivity index (χ2v) is 5.07. The van der Waals surface area contributed by atoms with Gasteiger partial charge in [0.1, 0.15) is 6.04 Å². The van der Waals surface area contributed by atoms with Gasteiger partial charge in [0.15, 0.2) is 0 Å². The Hall–Kier alpha value is -2.61. The van der Waals surface area contributed by atoms with Crippen molar-refractivity contribution < 1.29 is 15.8 Å². The maximum Gasteiger partial charge on any atom is 0.255 e. The van der Waals surface area contributed by atoms with Gasteiger partial charge in [0.05, 0.1) is 0 Å². The summed E-state index contributed by atoms with van der Waals surface area (Å²) in [6.45, 7) is 0.370. The highest BCUT2D eigenvalue weighted by atomic mass is 16.2. The van der Waals surface area contributed by atoms with Crippen molar-refractivity contribution in [1.82, 2.24) is 10.2 Å². The zero-order chi connectivity index (χ0) is 15.7. The lowest BCUT2D eigenvalue weighted by atomic mass is 10.0. The molecule has 3 amide bonds. The number of fused-ring (bicyclic) bond motifs is 1. The molecule has 2 aliphatic rings. The fraction of sp³-hybridized carbons (Fsp3) is 0.312. The predicted molar refractivity (Wildman–Crippen MR) is 75.0 cm³/mol. The maximum absolute atomic E-state index is 12.4. The molecule has 0 spiro atoms. The largest absolute Gasteiger partial charge is 0.322 e. The summed E-state index contributed by atoms with van der Waals surface area (Å²) in [6, 6.07) is 4.67. The van der Waals surface area contributed by atoms with Crippen molar-refractivity contribution in [2.75, 3.05) is 0 Å². The number of imide groups is 1. The lowest BCUT2D eigenvalue weighted by Gasteiger charge is -2.29. The van der Waals surface area contributed by atoms with Gasteiger partial charge in [-0.25, -0.2) is 0 Å². The summed E-state index contributed by atoms with van der Waals surface area (Å²) in [6.07, 6.45) is 0.604. The number of carbonyl (C=O) groups excluding carboxylic acids is 3. The van der Waals surface area contributed by atoms with Gasteiger partial charge < -0.3 is 4.90 Å². The number of benzene rings is 1. The molecule has 1 N–H and O–H groups in total. The zero-order valence-electron chi connectivity index (χ0n) is 12.3. The molecule has 5 heteroatoms. The highest BCUT2D eigenvalue weighted by molar-refractivity contribution is 6.05. The standard InChI is InChI=1S/C16H14N2O3/c1-2-3-10-4-5-12-11(8-10)9-18(16(12)21)13-6-7-14(19)17-15(13)20/h4-5,8,13H,6-7,9H2,1H3,(H,17,19,20)/i1D. The zero-order valence-corrected chi connectivity index (χ0v) is 11.3. The lowest BCUT2D eigenvalue weighted by molar-refractivity contribution is -0.136. The van der Waals surface area contributed by atoms with Gasteiger partial charge in [-0.15, -0.1) is 5.92 Å². The van der Waals surface area contributed by atoms with Crippen LogP contribution in [0.4, 0.5) is 0 Å². The minimum atomic E-state index is -0.597. The fourth-order valence-electron chi connectivity index (χ4n) is 2.75. The summed E-state index contributed by atoms with van der Waals surface area (Å²) in [5, 5.41) is 2.28. The van der Waals surface area contributed by atoms with Crippen LogP contribution >= 0.6 is 0 Å². The summed E-state index contributed by atoms with van der Waals surface area (Å²) in [5.74, 6) is 4.63. The van der Waals surface area contributed by atoms with E-state index in [1.807, 2.05) is 6.07 Å². The number of hydrogen-bond donors (Lipinski definition) is 1. The van der Waals surface area contributed by atoms with Crippen molar-refractivity contribution in [2.45, 2.75) is 32.3 Å². The number of nitrogens with zero attached hydrogens (tertiary/aromatic N) is 1. The van der Waals surface area contributed by atoms with E-state index in [4.69, 9.17) is 1.37 Å². The molecule has 1 aromatic rings. The van der Waals surface area contributed by atoms with Crippen molar-refractivity contribution in [3.8, 4) is 11.8 Å². The van der Waals surface area contributed by atoms with E-state index < -0.39 is 11.9 Å². The molecule has 0 bridgehead atoms. The van der Waals surface area contributed by atoms with E-state index in [0.29, 0.717) is 18.5 Å². The molecule has 0 aliphatic carbocycles. The van der Waals surface area contributed by atoms with Crippen LogP contribution < -0.4 is 5.32 Å². The van der Waals surface area contributed by atoms with Crippen LogP contribution in [0.2, 0.25) is 0 Å². The van der Waals surface area contributed by atoms with Crippen molar-refractivity contribution in [1.29, 1.82) is 0 Å². The maximum atomic E-state index is 12.4. The molecule has 1 fully saturated rings. The minimum absolute atomic E-state index is 0.0262. The molecule has 1 unspecified atom stereocenters. The van der Waals surface area contributed by atoms with Crippen LogP contribution in [0.1, 0.15) is 42.6 Å². The van der Waals surface area contributed by atoms with Gasteiger partial charge in [0.2, 0.25) is 11.8 Å². The molecular weight excluding hydrogens is 268 g/mol. The Morgan fingerprint density at radius 3 is 3.00 bits per heavy atom. The summed E-state index contributed by atoms with van der Waals surface area (Å²) < 4.78 is 7.03. The third-order valence-corrected chi connectivity index (χ3v) is 3.76. The molecular formula is C16H14N2O3. The Bertz CT molecular complexity index is 733. The van der Waals surface area contributed by atoms with E-state index in [2.05, 4.69) is 17.2 Å². The fourth-order valence-corrected chi connectivity index (χ4v) is 2.75. The van der Waals surface area contributed by atoms with E-state index in [1.54, 1.807) is 12.1 Å².